The summed E-state index contributed by atoms with van der Waals surface area (Å²) in [5.41, 5.74) is 1.77. The van der Waals surface area contributed by atoms with Crippen molar-refractivity contribution in [2.75, 3.05) is 26.2 Å². The minimum Gasteiger partial charge on any atom is -0.506 e. The molecule has 4 heteroatoms. The first-order valence-corrected chi connectivity index (χ1v) is 7.26. The van der Waals surface area contributed by atoms with Crippen LogP contribution >= 0.6 is 0 Å². The van der Waals surface area contributed by atoms with Gasteiger partial charge in [0.25, 0.3) is 0 Å². The average molecular weight is 263 g/mol. The van der Waals surface area contributed by atoms with Crippen molar-refractivity contribution < 1.29 is 5.11 Å². The van der Waals surface area contributed by atoms with E-state index in [9.17, 15) is 5.11 Å². The normalized spacial score (nSPS) is 20.3. The van der Waals surface area contributed by atoms with Crippen LogP contribution in [-0.4, -0.2) is 52.1 Å². The van der Waals surface area contributed by atoms with E-state index in [0.717, 1.165) is 44.1 Å². The molecule has 0 radical (unpaired) electrons. The van der Waals surface area contributed by atoms with E-state index in [1.807, 2.05) is 13.0 Å². The van der Waals surface area contributed by atoms with Crippen LogP contribution in [0.25, 0.3) is 0 Å². The summed E-state index contributed by atoms with van der Waals surface area (Å²) >= 11 is 0. The maximum absolute atomic E-state index is 9.86. The number of aryl methyl sites for hydroxylation is 1. The van der Waals surface area contributed by atoms with Gasteiger partial charge in [-0.1, -0.05) is 13.8 Å². The third-order valence-corrected chi connectivity index (χ3v) is 4.04. The number of pyridine rings is 1. The van der Waals surface area contributed by atoms with Crippen molar-refractivity contribution in [2.45, 2.75) is 39.8 Å². The molecule has 0 saturated carbocycles. The fourth-order valence-electron chi connectivity index (χ4n) is 2.93. The Morgan fingerprint density at radius 3 is 2.79 bits per heavy atom. The monoisotopic (exact) mass is 263 g/mol. The maximum atomic E-state index is 9.86. The van der Waals surface area contributed by atoms with E-state index in [2.05, 4.69) is 28.6 Å². The first kappa shape index (κ1) is 14.3. The van der Waals surface area contributed by atoms with Crippen LogP contribution in [0.2, 0.25) is 0 Å². The number of likely N-dealkylation sites (tertiary alicyclic amines) is 1. The van der Waals surface area contributed by atoms with Crippen molar-refractivity contribution in [1.29, 1.82) is 0 Å². The Balaban J connectivity index is 1.96. The molecule has 1 saturated heterocycles. The molecule has 4 nitrogen and oxygen atoms in total. The summed E-state index contributed by atoms with van der Waals surface area (Å²) in [6.45, 7) is 11.6. The zero-order chi connectivity index (χ0) is 13.8. The second-order valence-corrected chi connectivity index (χ2v) is 5.32. The molecule has 0 spiro atoms. The van der Waals surface area contributed by atoms with Crippen LogP contribution in [0, 0.1) is 6.92 Å². The summed E-state index contributed by atoms with van der Waals surface area (Å²) in [5, 5.41) is 9.86. The number of hydrogen-bond acceptors (Lipinski definition) is 4. The van der Waals surface area contributed by atoms with Gasteiger partial charge in [0.1, 0.15) is 5.75 Å². The minimum atomic E-state index is 0.317. The molecule has 1 unspecified atom stereocenters. The number of rotatable bonds is 5. The number of nitrogens with zero attached hydrogens (tertiary/aromatic N) is 3. The van der Waals surface area contributed by atoms with E-state index >= 15 is 0 Å². The fraction of sp³-hybridized carbons (Fsp3) is 0.667. The maximum Gasteiger partial charge on any atom is 0.138 e. The van der Waals surface area contributed by atoms with Gasteiger partial charge in [-0.3, -0.25) is 14.8 Å². The predicted molar refractivity (Wildman–Crippen MR) is 77.2 cm³/mol. The molecule has 106 valence electrons. The Hall–Kier alpha value is -1.13. The molecule has 1 aromatic rings. The Morgan fingerprint density at radius 2 is 2.11 bits per heavy atom. The lowest BCUT2D eigenvalue weighted by Crippen LogP contribution is -2.37. The van der Waals surface area contributed by atoms with E-state index in [0.29, 0.717) is 11.8 Å². The quantitative estimate of drug-likeness (QED) is 0.882. The van der Waals surface area contributed by atoms with Crippen molar-refractivity contribution in [2.24, 2.45) is 0 Å². The molecule has 0 amide bonds. The van der Waals surface area contributed by atoms with Gasteiger partial charge in [0.05, 0.1) is 5.69 Å². The first-order chi connectivity index (χ1) is 9.13. The highest BCUT2D eigenvalue weighted by Crippen LogP contribution is 2.21. The number of aromatic nitrogens is 1. The number of hydrogen-bond donors (Lipinski definition) is 1. The number of likely N-dealkylation sites (N-methyl/N-ethyl adjacent to an activating group) is 1. The van der Waals surface area contributed by atoms with Gasteiger partial charge in [-0.15, -0.1) is 0 Å². The Morgan fingerprint density at radius 1 is 1.37 bits per heavy atom. The van der Waals surface area contributed by atoms with Crippen molar-refractivity contribution in [3.8, 4) is 5.75 Å². The van der Waals surface area contributed by atoms with Gasteiger partial charge in [-0.25, -0.2) is 0 Å². The summed E-state index contributed by atoms with van der Waals surface area (Å²) in [6, 6.07) is 4.25. The lowest BCUT2D eigenvalue weighted by molar-refractivity contribution is 0.208. The summed E-state index contributed by atoms with van der Waals surface area (Å²) in [7, 11) is 0. The molecular formula is C15H25N3O. The van der Waals surface area contributed by atoms with E-state index in [1.54, 1.807) is 6.07 Å². The summed E-state index contributed by atoms with van der Waals surface area (Å²) in [5.74, 6) is 0.317. The zero-order valence-electron chi connectivity index (χ0n) is 12.3. The molecule has 1 atom stereocenters. The third-order valence-electron chi connectivity index (χ3n) is 4.04. The topological polar surface area (TPSA) is 39.6 Å². The predicted octanol–water partition coefficient (Wildman–Crippen LogP) is 2.01. The summed E-state index contributed by atoms with van der Waals surface area (Å²) in [6.07, 6.45) is 1.22. The molecule has 1 N–H and O–H groups in total. The second-order valence-electron chi connectivity index (χ2n) is 5.32. The van der Waals surface area contributed by atoms with Crippen LogP contribution in [0.4, 0.5) is 0 Å². The van der Waals surface area contributed by atoms with Gasteiger partial charge in [-0.05, 0) is 38.6 Å². The van der Waals surface area contributed by atoms with Crippen molar-refractivity contribution in [3.05, 3.63) is 23.5 Å². The van der Waals surface area contributed by atoms with Crippen molar-refractivity contribution in [3.63, 3.8) is 0 Å². The molecule has 2 rings (SSSR count). The smallest absolute Gasteiger partial charge is 0.138 e. The zero-order valence-corrected chi connectivity index (χ0v) is 12.3. The average Bonchev–Trinajstić information content (AvgIpc) is 2.84. The van der Waals surface area contributed by atoms with Gasteiger partial charge in [0, 0.05) is 31.4 Å². The van der Waals surface area contributed by atoms with E-state index in [4.69, 9.17) is 0 Å². The Labute approximate surface area is 116 Å². The lowest BCUT2D eigenvalue weighted by Gasteiger charge is -2.26. The molecule has 0 aliphatic carbocycles. The third kappa shape index (κ3) is 3.45. The molecule has 0 aromatic carbocycles. The van der Waals surface area contributed by atoms with Gasteiger partial charge in [-0.2, -0.15) is 0 Å². The van der Waals surface area contributed by atoms with E-state index < -0.39 is 0 Å². The summed E-state index contributed by atoms with van der Waals surface area (Å²) in [4.78, 5) is 9.35. The highest BCUT2D eigenvalue weighted by molar-refractivity contribution is 5.27. The largest absolute Gasteiger partial charge is 0.506 e. The fourth-order valence-corrected chi connectivity index (χ4v) is 2.93. The highest BCUT2D eigenvalue weighted by atomic mass is 16.3. The number of aromatic hydroxyl groups is 1. The molecular weight excluding hydrogens is 238 g/mol. The standard InChI is InChI=1S/C15H25N3O/c1-4-18(5-2)13-8-9-17(10-13)11-14-15(19)7-6-12(3)16-14/h6-7,13,19H,4-5,8-11H2,1-3H3. The Kier molecular flexibility index (Phi) is 4.77. The van der Waals surface area contributed by atoms with Crippen LogP contribution in [0.15, 0.2) is 12.1 Å². The molecule has 1 fully saturated rings. The lowest BCUT2D eigenvalue weighted by atomic mass is 10.2. The van der Waals surface area contributed by atoms with Gasteiger partial charge in [0.15, 0.2) is 0 Å². The van der Waals surface area contributed by atoms with Gasteiger partial charge >= 0.3 is 0 Å². The van der Waals surface area contributed by atoms with Crippen LogP contribution in [0.1, 0.15) is 31.7 Å². The molecule has 1 aliphatic heterocycles. The molecule has 2 heterocycles. The Bertz CT molecular complexity index is 418. The first-order valence-electron chi connectivity index (χ1n) is 7.26. The van der Waals surface area contributed by atoms with Crippen LogP contribution in [0.5, 0.6) is 5.75 Å². The minimum absolute atomic E-state index is 0.317. The van der Waals surface area contributed by atoms with Crippen LogP contribution in [-0.2, 0) is 6.54 Å². The van der Waals surface area contributed by atoms with Crippen molar-refractivity contribution >= 4 is 0 Å². The molecule has 1 aliphatic rings. The highest BCUT2D eigenvalue weighted by Gasteiger charge is 2.26. The van der Waals surface area contributed by atoms with Gasteiger partial charge < -0.3 is 5.11 Å². The second kappa shape index (κ2) is 6.35. The van der Waals surface area contributed by atoms with Crippen LogP contribution < -0.4 is 0 Å². The van der Waals surface area contributed by atoms with Gasteiger partial charge in [0.2, 0.25) is 0 Å². The SMILES string of the molecule is CCN(CC)C1CCN(Cc2nc(C)ccc2O)C1. The summed E-state index contributed by atoms with van der Waals surface area (Å²) < 4.78 is 0. The molecule has 0 bridgehead atoms. The molecule has 1 aromatic heterocycles. The van der Waals surface area contributed by atoms with Crippen LogP contribution in [0.3, 0.4) is 0 Å². The molecule has 19 heavy (non-hydrogen) atoms. The van der Waals surface area contributed by atoms with Crippen molar-refractivity contribution in [1.82, 2.24) is 14.8 Å². The van der Waals surface area contributed by atoms with E-state index in [1.165, 1.54) is 6.42 Å². The van der Waals surface area contributed by atoms with E-state index in [-0.39, 0.29) is 0 Å².